The van der Waals surface area contributed by atoms with Crippen LogP contribution in [-0.4, -0.2) is 58.4 Å². The molecule has 9 nitrogen and oxygen atoms in total. The van der Waals surface area contributed by atoms with Crippen LogP contribution in [0.2, 0.25) is 0 Å². The predicted molar refractivity (Wildman–Crippen MR) is 117 cm³/mol. The number of benzene rings is 2. The van der Waals surface area contributed by atoms with Crippen molar-refractivity contribution in [1.29, 1.82) is 10.8 Å². The molecule has 0 aliphatic carbocycles. The fourth-order valence-corrected chi connectivity index (χ4v) is 2.33. The number of nitrogens with two attached hydrogens (primary N) is 1. The predicted octanol–water partition coefficient (Wildman–Crippen LogP) is 2.72. The Kier molecular flexibility index (Phi) is 9.29. The molecule has 0 aliphatic heterocycles. The smallest absolute Gasteiger partial charge is 0.213 e. The summed E-state index contributed by atoms with van der Waals surface area (Å²) >= 11 is 0. The van der Waals surface area contributed by atoms with Gasteiger partial charge in [0.15, 0.2) is 5.96 Å². The van der Waals surface area contributed by atoms with E-state index >= 15 is 0 Å². The Balaban J connectivity index is 1.91. The van der Waals surface area contributed by atoms with Crippen LogP contribution < -0.4 is 11.1 Å². The van der Waals surface area contributed by atoms with Crippen molar-refractivity contribution in [2.75, 3.05) is 46.0 Å². The minimum Gasteiger partial charge on any atom is -0.475 e. The molecule has 0 amide bonds. The summed E-state index contributed by atoms with van der Waals surface area (Å²) in [6.07, 6.45) is 0. The molecule has 160 valence electrons. The number of hydrogen-bond donors (Lipinski definition) is 4. The summed E-state index contributed by atoms with van der Waals surface area (Å²) in [4.78, 5) is 4.31. The van der Waals surface area contributed by atoms with E-state index in [1.54, 1.807) is 62.8 Å². The van der Waals surface area contributed by atoms with E-state index in [-0.39, 0.29) is 17.8 Å². The molecule has 0 unspecified atom stereocenters. The van der Waals surface area contributed by atoms with E-state index in [9.17, 15) is 0 Å². The van der Waals surface area contributed by atoms with Crippen LogP contribution in [0.3, 0.4) is 0 Å². The lowest BCUT2D eigenvalue weighted by atomic mass is 10.2. The molecule has 9 heteroatoms. The molecule has 0 aliphatic rings. The number of hydrogen-bond acceptors (Lipinski definition) is 7. The highest BCUT2D eigenvalue weighted by atomic mass is 16.5. The number of nitrogens with zero attached hydrogens (tertiary/aromatic N) is 1. The molecule has 5 N–H and O–H groups in total. The number of rotatable bonds is 10. The van der Waals surface area contributed by atoms with Crippen LogP contribution in [0.25, 0.3) is 0 Å². The zero-order valence-electron chi connectivity index (χ0n) is 17.1. The van der Waals surface area contributed by atoms with E-state index < -0.39 is 0 Å². The number of guanidine groups is 1. The van der Waals surface area contributed by atoms with Crippen molar-refractivity contribution in [1.82, 2.24) is 0 Å². The van der Waals surface area contributed by atoms with E-state index in [1.165, 1.54) is 0 Å². The SMILES string of the molecule is COCCOC(=N)c1ccc(N=C(N)Nc2ccc(C(=N)OCCOC)cc2)cc1. The molecule has 2 rings (SSSR count). The van der Waals surface area contributed by atoms with Gasteiger partial charge in [-0.2, -0.15) is 0 Å². The molecule has 0 heterocycles. The van der Waals surface area contributed by atoms with Crippen LogP contribution >= 0.6 is 0 Å². The molecule has 0 saturated carbocycles. The third-order valence-electron chi connectivity index (χ3n) is 3.87. The Morgan fingerprint density at radius 1 is 0.800 bits per heavy atom. The largest absolute Gasteiger partial charge is 0.475 e. The zero-order chi connectivity index (χ0) is 21.8. The first kappa shape index (κ1) is 22.9. The highest BCUT2D eigenvalue weighted by Crippen LogP contribution is 2.15. The molecule has 0 spiro atoms. The molecule has 2 aromatic rings. The first-order valence-electron chi connectivity index (χ1n) is 9.26. The van der Waals surface area contributed by atoms with Gasteiger partial charge in [-0.15, -0.1) is 0 Å². The van der Waals surface area contributed by atoms with Crippen LogP contribution in [0.1, 0.15) is 11.1 Å². The summed E-state index contributed by atoms with van der Waals surface area (Å²) in [6, 6.07) is 14.1. The van der Waals surface area contributed by atoms with Crippen molar-refractivity contribution in [2.24, 2.45) is 10.7 Å². The van der Waals surface area contributed by atoms with Gasteiger partial charge < -0.3 is 30.0 Å². The van der Waals surface area contributed by atoms with Gasteiger partial charge in [-0.05, 0) is 48.5 Å². The van der Waals surface area contributed by atoms with Crippen molar-refractivity contribution in [3.8, 4) is 0 Å². The van der Waals surface area contributed by atoms with Gasteiger partial charge in [-0.1, -0.05) is 0 Å². The highest BCUT2D eigenvalue weighted by molar-refractivity contribution is 5.96. The quantitative estimate of drug-likeness (QED) is 0.269. The number of ether oxygens (including phenoxy) is 4. The third kappa shape index (κ3) is 7.53. The Morgan fingerprint density at radius 3 is 1.73 bits per heavy atom. The van der Waals surface area contributed by atoms with Crippen molar-refractivity contribution < 1.29 is 18.9 Å². The second-order valence-corrected chi connectivity index (χ2v) is 6.09. The zero-order valence-corrected chi connectivity index (χ0v) is 17.1. The van der Waals surface area contributed by atoms with E-state index in [0.717, 1.165) is 5.69 Å². The summed E-state index contributed by atoms with van der Waals surface area (Å²) in [6.45, 7) is 1.50. The highest BCUT2D eigenvalue weighted by Gasteiger charge is 2.05. The lowest BCUT2D eigenvalue weighted by molar-refractivity contribution is 0.141. The van der Waals surface area contributed by atoms with E-state index in [1.807, 2.05) is 0 Å². The number of aliphatic imine (C=N–C) groups is 1. The minimum atomic E-state index is 0.0746. The summed E-state index contributed by atoms with van der Waals surface area (Å²) in [5.41, 5.74) is 8.63. The van der Waals surface area contributed by atoms with Crippen LogP contribution in [0.15, 0.2) is 53.5 Å². The van der Waals surface area contributed by atoms with Crippen molar-refractivity contribution >= 4 is 29.1 Å². The van der Waals surface area contributed by atoms with Gasteiger partial charge in [0.1, 0.15) is 13.2 Å². The number of anilines is 1. The van der Waals surface area contributed by atoms with E-state index in [2.05, 4.69) is 10.3 Å². The third-order valence-corrected chi connectivity index (χ3v) is 3.87. The summed E-state index contributed by atoms with van der Waals surface area (Å²) in [5, 5.41) is 18.8. The summed E-state index contributed by atoms with van der Waals surface area (Å²) < 4.78 is 20.4. The average molecular weight is 413 g/mol. The molecule has 0 saturated heterocycles. The van der Waals surface area contributed by atoms with Crippen LogP contribution in [0.4, 0.5) is 11.4 Å². The summed E-state index contributed by atoms with van der Waals surface area (Å²) in [7, 11) is 3.16. The summed E-state index contributed by atoms with van der Waals surface area (Å²) in [5.74, 6) is 0.371. The normalized spacial score (nSPS) is 11.1. The van der Waals surface area contributed by atoms with Gasteiger partial charge >= 0.3 is 0 Å². The van der Waals surface area contributed by atoms with Crippen molar-refractivity contribution in [3.63, 3.8) is 0 Å². The fourth-order valence-electron chi connectivity index (χ4n) is 2.33. The maximum Gasteiger partial charge on any atom is 0.213 e. The Labute approximate surface area is 175 Å². The van der Waals surface area contributed by atoms with E-state index in [0.29, 0.717) is 43.2 Å². The van der Waals surface area contributed by atoms with Crippen LogP contribution in [0.5, 0.6) is 0 Å². The van der Waals surface area contributed by atoms with Gasteiger partial charge in [0, 0.05) is 31.0 Å². The van der Waals surface area contributed by atoms with Gasteiger partial charge in [0.25, 0.3) is 0 Å². The molecular formula is C21H27N5O4. The van der Waals surface area contributed by atoms with Gasteiger partial charge in [0.05, 0.1) is 18.9 Å². The Bertz CT molecular complexity index is 851. The van der Waals surface area contributed by atoms with Crippen LogP contribution in [-0.2, 0) is 18.9 Å². The number of nitrogens with one attached hydrogen (secondary N) is 3. The topological polar surface area (TPSA) is 135 Å². The first-order chi connectivity index (χ1) is 14.5. The average Bonchev–Trinajstić information content (AvgIpc) is 2.75. The second-order valence-electron chi connectivity index (χ2n) is 6.09. The first-order valence-corrected chi connectivity index (χ1v) is 9.26. The maximum absolute atomic E-state index is 7.89. The van der Waals surface area contributed by atoms with Gasteiger partial charge in [-0.25, -0.2) is 4.99 Å². The lowest BCUT2D eigenvalue weighted by Crippen LogP contribution is -2.22. The molecule has 2 aromatic carbocycles. The molecule has 0 bridgehead atoms. The molecular weight excluding hydrogens is 386 g/mol. The minimum absolute atomic E-state index is 0.0746. The van der Waals surface area contributed by atoms with E-state index in [4.69, 9.17) is 35.5 Å². The molecule has 0 fully saturated rings. The van der Waals surface area contributed by atoms with Gasteiger partial charge in [-0.3, -0.25) is 10.8 Å². The molecule has 0 atom stereocenters. The Hall–Kier alpha value is -3.43. The molecule has 30 heavy (non-hydrogen) atoms. The van der Waals surface area contributed by atoms with Crippen LogP contribution in [0, 0.1) is 10.8 Å². The monoisotopic (exact) mass is 413 g/mol. The second kappa shape index (κ2) is 12.2. The van der Waals surface area contributed by atoms with Crippen molar-refractivity contribution in [2.45, 2.75) is 0 Å². The standard InChI is InChI=1S/C21H27N5O4/c1-27-11-13-29-19(22)15-3-7-17(8-4-15)25-21(24)26-18-9-5-16(6-10-18)20(23)30-14-12-28-2/h3-10,22-23H,11-14H2,1-2H3,(H3,24,25,26). The maximum atomic E-state index is 7.89. The fraction of sp³-hybridized carbons (Fsp3) is 0.286. The molecule has 0 radical (unpaired) electrons. The molecule has 0 aromatic heterocycles. The van der Waals surface area contributed by atoms with Gasteiger partial charge in [0.2, 0.25) is 11.8 Å². The Morgan fingerprint density at radius 2 is 1.27 bits per heavy atom. The van der Waals surface area contributed by atoms with Crippen molar-refractivity contribution in [3.05, 3.63) is 59.7 Å². The number of methoxy groups -OCH3 is 2. The lowest BCUT2D eigenvalue weighted by Gasteiger charge is -2.09.